The molecular formula is C24H30N2O5. The molecule has 0 aliphatic carbocycles. The second-order valence-corrected chi connectivity index (χ2v) is 8.15. The number of methoxy groups -OCH3 is 1. The van der Waals surface area contributed by atoms with Crippen LogP contribution in [-0.2, 0) is 32.0 Å². The third kappa shape index (κ3) is 8.50. The third-order valence-corrected chi connectivity index (χ3v) is 4.31. The van der Waals surface area contributed by atoms with Gasteiger partial charge in [0.25, 0.3) is 0 Å². The summed E-state index contributed by atoms with van der Waals surface area (Å²) in [7, 11) is 1.27. The molecule has 0 aromatic heterocycles. The van der Waals surface area contributed by atoms with Crippen molar-refractivity contribution in [2.24, 2.45) is 0 Å². The summed E-state index contributed by atoms with van der Waals surface area (Å²) in [6.07, 6.45) is -0.325. The Kier molecular flexibility index (Phi) is 8.61. The number of hydrogen-bond donors (Lipinski definition) is 1. The summed E-state index contributed by atoms with van der Waals surface area (Å²) in [4.78, 5) is 39.0. The minimum atomic E-state index is -0.864. The second-order valence-electron chi connectivity index (χ2n) is 8.15. The number of nitrogens with zero attached hydrogens (tertiary/aromatic N) is 1. The van der Waals surface area contributed by atoms with Crippen LogP contribution < -0.4 is 5.32 Å². The van der Waals surface area contributed by atoms with E-state index in [0.29, 0.717) is 0 Å². The summed E-state index contributed by atoms with van der Waals surface area (Å²) in [6.45, 7) is 5.23. The van der Waals surface area contributed by atoms with E-state index in [9.17, 15) is 14.4 Å². The van der Waals surface area contributed by atoms with Crippen molar-refractivity contribution in [3.05, 3.63) is 71.8 Å². The molecule has 0 bridgehead atoms. The third-order valence-electron chi connectivity index (χ3n) is 4.31. The predicted molar refractivity (Wildman–Crippen MR) is 117 cm³/mol. The molecule has 7 nitrogen and oxygen atoms in total. The van der Waals surface area contributed by atoms with Gasteiger partial charge in [-0.05, 0) is 31.9 Å². The van der Waals surface area contributed by atoms with Gasteiger partial charge in [0.05, 0.1) is 7.11 Å². The van der Waals surface area contributed by atoms with Crippen molar-refractivity contribution in [2.45, 2.75) is 45.4 Å². The first-order valence-corrected chi connectivity index (χ1v) is 10.1. The number of amides is 2. The van der Waals surface area contributed by atoms with Crippen LogP contribution >= 0.6 is 0 Å². The molecule has 2 aromatic rings. The average Bonchev–Trinajstić information content (AvgIpc) is 2.72. The summed E-state index contributed by atoms with van der Waals surface area (Å²) < 4.78 is 10.3. The highest BCUT2D eigenvalue weighted by Gasteiger charge is 2.27. The van der Waals surface area contributed by atoms with E-state index in [1.165, 1.54) is 12.0 Å². The number of nitrogens with one attached hydrogen (secondary N) is 1. The van der Waals surface area contributed by atoms with Gasteiger partial charge in [0.15, 0.2) is 0 Å². The quantitative estimate of drug-likeness (QED) is 0.655. The van der Waals surface area contributed by atoms with E-state index in [4.69, 9.17) is 9.47 Å². The maximum Gasteiger partial charge on any atom is 0.411 e. The standard InChI is InChI=1S/C24H30N2O5/c1-24(2,3)31-23(29)26(16-19-13-9-6-10-14-19)17-21(27)25-20(22(28)30-4)15-18-11-7-5-8-12-18/h5-14,20H,15-17H2,1-4H3,(H,25,27)/t20-/m0/s1. The van der Waals surface area contributed by atoms with Gasteiger partial charge in [0.2, 0.25) is 5.91 Å². The van der Waals surface area contributed by atoms with Crippen LogP contribution in [0.1, 0.15) is 31.9 Å². The fourth-order valence-electron chi connectivity index (χ4n) is 2.91. The summed E-state index contributed by atoms with van der Waals surface area (Å²) in [6, 6.07) is 17.8. The Balaban J connectivity index is 2.12. The van der Waals surface area contributed by atoms with E-state index in [1.54, 1.807) is 20.8 Å². The zero-order valence-electron chi connectivity index (χ0n) is 18.5. The van der Waals surface area contributed by atoms with Crippen LogP contribution in [0.25, 0.3) is 0 Å². The largest absolute Gasteiger partial charge is 0.467 e. The Morgan fingerprint density at radius 3 is 2.00 bits per heavy atom. The predicted octanol–water partition coefficient (Wildman–Crippen LogP) is 3.32. The normalized spacial score (nSPS) is 11.9. The Hall–Kier alpha value is -3.35. The molecule has 31 heavy (non-hydrogen) atoms. The van der Waals surface area contributed by atoms with E-state index in [2.05, 4.69) is 5.32 Å². The molecule has 2 aromatic carbocycles. The van der Waals surface area contributed by atoms with Gasteiger partial charge in [0, 0.05) is 13.0 Å². The maximum atomic E-state index is 12.8. The fourth-order valence-corrected chi connectivity index (χ4v) is 2.91. The van der Waals surface area contributed by atoms with E-state index in [0.717, 1.165) is 11.1 Å². The van der Waals surface area contributed by atoms with Crippen molar-refractivity contribution in [2.75, 3.05) is 13.7 Å². The van der Waals surface area contributed by atoms with E-state index in [1.807, 2.05) is 60.7 Å². The van der Waals surface area contributed by atoms with Gasteiger partial charge in [-0.25, -0.2) is 9.59 Å². The summed E-state index contributed by atoms with van der Waals surface area (Å²) >= 11 is 0. The zero-order chi connectivity index (χ0) is 22.9. The first-order chi connectivity index (χ1) is 14.7. The molecule has 1 N–H and O–H groups in total. The Morgan fingerprint density at radius 2 is 1.48 bits per heavy atom. The van der Waals surface area contributed by atoms with Crippen molar-refractivity contribution < 1.29 is 23.9 Å². The molecule has 0 heterocycles. The zero-order valence-corrected chi connectivity index (χ0v) is 18.5. The molecule has 0 fully saturated rings. The SMILES string of the molecule is COC(=O)[C@H](Cc1ccccc1)NC(=O)CN(Cc1ccccc1)C(=O)OC(C)(C)C. The van der Waals surface area contributed by atoms with Crippen LogP contribution in [0, 0.1) is 0 Å². The number of hydrogen-bond acceptors (Lipinski definition) is 5. The number of benzene rings is 2. The molecule has 166 valence electrons. The topological polar surface area (TPSA) is 84.9 Å². The highest BCUT2D eigenvalue weighted by atomic mass is 16.6. The van der Waals surface area contributed by atoms with Crippen molar-refractivity contribution in [1.29, 1.82) is 0 Å². The molecule has 0 aliphatic heterocycles. The molecule has 0 spiro atoms. The Labute approximate surface area is 183 Å². The number of esters is 1. The average molecular weight is 427 g/mol. The lowest BCUT2D eigenvalue weighted by atomic mass is 10.1. The number of carbonyl (C=O) groups excluding carboxylic acids is 3. The van der Waals surface area contributed by atoms with Crippen LogP contribution in [0.15, 0.2) is 60.7 Å². The summed E-state index contributed by atoms with van der Waals surface area (Å²) in [5.74, 6) is -1.03. The van der Waals surface area contributed by atoms with Crippen LogP contribution in [0.5, 0.6) is 0 Å². The summed E-state index contributed by atoms with van der Waals surface area (Å²) in [5.41, 5.74) is 1.03. The van der Waals surface area contributed by atoms with Gasteiger partial charge in [-0.1, -0.05) is 60.7 Å². The van der Waals surface area contributed by atoms with Gasteiger partial charge in [0.1, 0.15) is 18.2 Å². The van der Waals surface area contributed by atoms with Gasteiger partial charge in [-0.15, -0.1) is 0 Å². The van der Waals surface area contributed by atoms with Crippen molar-refractivity contribution in [1.82, 2.24) is 10.2 Å². The molecule has 0 unspecified atom stereocenters. The number of carbonyl (C=O) groups is 3. The highest BCUT2D eigenvalue weighted by molar-refractivity contribution is 5.87. The minimum Gasteiger partial charge on any atom is -0.467 e. The molecule has 0 saturated carbocycles. The van der Waals surface area contributed by atoms with Gasteiger partial charge in [-0.3, -0.25) is 9.69 Å². The van der Waals surface area contributed by atoms with Crippen LogP contribution in [0.4, 0.5) is 4.79 Å². The fraction of sp³-hybridized carbons (Fsp3) is 0.375. The highest BCUT2D eigenvalue weighted by Crippen LogP contribution is 2.13. The van der Waals surface area contributed by atoms with Crippen molar-refractivity contribution in [3.8, 4) is 0 Å². The molecule has 0 saturated heterocycles. The van der Waals surface area contributed by atoms with Gasteiger partial charge >= 0.3 is 12.1 Å². The van der Waals surface area contributed by atoms with Crippen LogP contribution in [0.3, 0.4) is 0 Å². The van der Waals surface area contributed by atoms with Crippen LogP contribution in [-0.4, -0.2) is 48.2 Å². The molecule has 0 radical (unpaired) electrons. The lowest BCUT2D eigenvalue weighted by molar-refractivity contribution is -0.145. The summed E-state index contributed by atoms with van der Waals surface area (Å²) in [5, 5.41) is 2.69. The first-order valence-electron chi connectivity index (χ1n) is 10.1. The smallest absolute Gasteiger partial charge is 0.411 e. The molecule has 0 aliphatic rings. The number of ether oxygens (including phenoxy) is 2. The molecule has 2 rings (SSSR count). The molecule has 7 heteroatoms. The van der Waals surface area contributed by atoms with Crippen LogP contribution in [0.2, 0.25) is 0 Å². The van der Waals surface area contributed by atoms with Gasteiger partial charge in [-0.2, -0.15) is 0 Å². The van der Waals surface area contributed by atoms with E-state index in [-0.39, 0.29) is 19.5 Å². The Morgan fingerprint density at radius 1 is 0.935 bits per heavy atom. The molecule has 1 atom stereocenters. The maximum absolute atomic E-state index is 12.8. The number of rotatable bonds is 8. The van der Waals surface area contributed by atoms with Crippen molar-refractivity contribution in [3.63, 3.8) is 0 Å². The molecular weight excluding hydrogens is 396 g/mol. The van der Waals surface area contributed by atoms with E-state index < -0.39 is 29.6 Å². The van der Waals surface area contributed by atoms with Gasteiger partial charge < -0.3 is 14.8 Å². The second kappa shape index (κ2) is 11.2. The first kappa shape index (κ1) is 23.9. The lowest BCUT2D eigenvalue weighted by Gasteiger charge is -2.27. The van der Waals surface area contributed by atoms with E-state index >= 15 is 0 Å². The monoisotopic (exact) mass is 426 g/mol. The van der Waals surface area contributed by atoms with Crippen molar-refractivity contribution >= 4 is 18.0 Å². The molecule has 2 amide bonds. The Bertz CT molecular complexity index is 863. The lowest BCUT2D eigenvalue weighted by Crippen LogP contribution is -2.48. The minimum absolute atomic E-state index is 0.199.